The summed E-state index contributed by atoms with van der Waals surface area (Å²) in [4.78, 5) is 41.1. The van der Waals surface area contributed by atoms with Crippen LogP contribution in [0.25, 0.3) is 0 Å². The highest BCUT2D eigenvalue weighted by Gasteiger charge is 2.17. The van der Waals surface area contributed by atoms with Gasteiger partial charge in [-0.05, 0) is 0 Å². The highest BCUT2D eigenvalue weighted by atomic mass is 16.2. The van der Waals surface area contributed by atoms with Crippen molar-refractivity contribution in [2.45, 2.75) is 20.8 Å². The van der Waals surface area contributed by atoms with Crippen LogP contribution in [-0.2, 0) is 14.4 Å². The monoisotopic (exact) mass is 203 g/mol. The first-order chi connectivity index (χ1) is 6.20. The van der Waals surface area contributed by atoms with Crippen LogP contribution in [-0.4, -0.2) is 28.7 Å². The summed E-state index contributed by atoms with van der Waals surface area (Å²) in [5, 5.41) is 0. The fourth-order valence-corrected chi connectivity index (χ4v) is 0.665. The molecule has 0 aromatic rings. The molecule has 0 saturated carbocycles. The number of nitrogens with two attached hydrogens (primary N) is 2. The molecule has 0 aliphatic carbocycles. The Labute approximate surface area is 81.0 Å². The van der Waals surface area contributed by atoms with Gasteiger partial charge < -0.3 is 11.5 Å². The molecular formula is C7H13N3O4. The molecule has 0 spiro atoms. The molecule has 0 aromatic carbocycles. The first-order valence-corrected chi connectivity index (χ1v) is 3.56. The SMILES string of the molecule is CC(=O)N(C(C)=O)C(C)=O.NC(N)=O. The van der Waals surface area contributed by atoms with Crippen molar-refractivity contribution in [2.75, 3.05) is 0 Å². The van der Waals surface area contributed by atoms with Crippen LogP contribution in [0.3, 0.4) is 0 Å². The lowest BCUT2D eigenvalue weighted by molar-refractivity contribution is -0.150. The third kappa shape index (κ3) is 8.18. The maximum Gasteiger partial charge on any atom is 0.309 e. The second-order valence-electron chi connectivity index (χ2n) is 2.29. The van der Waals surface area contributed by atoms with E-state index in [9.17, 15) is 14.4 Å². The number of hydrogen-bond acceptors (Lipinski definition) is 4. The number of hydrogen-bond donors (Lipinski definition) is 2. The Balaban J connectivity index is 0. The average molecular weight is 203 g/mol. The second kappa shape index (κ2) is 6.58. The van der Waals surface area contributed by atoms with Crippen LogP contribution in [0.2, 0.25) is 0 Å². The largest absolute Gasteiger partial charge is 0.352 e. The Hall–Kier alpha value is -1.92. The van der Waals surface area contributed by atoms with Gasteiger partial charge in [0.15, 0.2) is 0 Å². The molecule has 4 N–H and O–H groups in total. The lowest BCUT2D eigenvalue weighted by Crippen LogP contribution is -2.37. The maximum absolute atomic E-state index is 10.5. The summed E-state index contributed by atoms with van der Waals surface area (Å²) < 4.78 is 0. The predicted octanol–water partition coefficient (Wildman–Crippen LogP) is -1.05. The number of nitrogens with zero attached hydrogens (tertiary/aromatic N) is 1. The molecule has 0 fully saturated rings. The van der Waals surface area contributed by atoms with Gasteiger partial charge in [-0.3, -0.25) is 14.4 Å². The van der Waals surface area contributed by atoms with Gasteiger partial charge in [0.25, 0.3) is 0 Å². The summed E-state index contributed by atoms with van der Waals surface area (Å²) in [7, 11) is 0. The van der Waals surface area contributed by atoms with Crippen LogP contribution in [0.1, 0.15) is 20.8 Å². The van der Waals surface area contributed by atoms with E-state index in [1.807, 2.05) is 0 Å². The standard InChI is InChI=1S/C6H9NO3.CH4N2O/c1-4(8)7(5(2)9)6(3)10;2-1(3)4/h1-3H3;(H4,2,3,4). The normalized spacial score (nSPS) is 7.93. The fourth-order valence-electron chi connectivity index (χ4n) is 0.665. The first kappa shape index (κ1) is 14.6. The number of imide groups is 3. The Kier molecular flexibility index (Phi) is 6.86. The smallest absolute Gasteiger partial charge is 0.309 e. The van der Waals surface area contributed by atoms with Gasteiger partial charge in [-0.25, -0.2) is 9.69 Å². The van der Waals surface area contributed by atoms with E-state index in [1.165, 1.54) is 20.8 Å². The first-order valence-electron chi connectivity index (χ1n) is 3.56. The van der Waals surface area contributed by atoms with Gasteiger partial charge >= 0.3 is 6.03 Å². The summed E-state index contributed by atoms with van der Waals surface area (Å²) in [5.74, 6) is -1.62. The van der Waals surface area contributed by atoms with Crippen molar-refractivity contribution in [3.05, 3.63) is 0 Å². The van der Waals surface area contributed by atoms with Gasteiger partial charge in [0.2, 0.25) is 17.7 Å². The molecule has 0 aliphatic rings. The molecule has 0 aliphatic heterocycles. The summed E-state index contributed by atoms with van der Waals surface area (Å²) in [6.07, 6.45) is 0. The van der Waals surface area contributed by atoms with Crippen molar-refractivity contribution in [2.24, 2.45) is 11.5 Å². The zero-order valence-electron chi connectivity index (χ0n) is 8.23. The van der Waals surface area contributed by atoms with E-state index < -0.39 is 23.8 Å². The predicted molar refractivity (Wildman–Crippen MR) is 47.7 cm³/mol. The fraction of sp³-hybridized carbons (Fsp3) is 0.429. The van der Waals surface area contributed by atoms with Gasteiger partial charge in [0, 0.05) is 20.8 Å². The quantitative estimate of drug-likeness (QED) is 0.521. The van der Waals surface area contributed by atoms with E-state index in [0.717, 1.165) is 0 Å². The maximum atomic E-state index is 10.5. The number of carbonyl (C=O) groups excluding carboxylic acids is 4. The molecular weight excluding hydrogens is 190 g/mol. The van der Waals surface area contributed by atoms with E-state index in [2.05, 4.69) is 11.5 Å². The third-order valence-electron chi connectivity index (χ3n) is 0.945. The molecule has 0 heterocycles. The molecule has 0 rings (SSSR count). The van der Waals surface area contributed by atoms with E-state index in [-0.39, 0.29) is 0 Å². The highest BCUT2D eigenvalue weighted by Crippen LogP contribution is 1.90. The van der Waals surface area contributed by atoms with Crippen LogP contribution in [0, 0.1) is 0 Å². The molecule has 0 atom stereocenters. The van der Waals surface area contributed by atoms with Crippen LogP contribution < -0.4 is 11.5 Å². The number of urea groups is 1. The number of rotatable bonds is 0. The van der Waals surface area contributed by atoms with Gasteiger partial charge in [0.05, 0.1) is 0 Å². The van der Waals surface area contributed by atoms with Crippen LogP contribution in [0.15, 0.2) is 0 Å². The lowest BCUT2D eigenvalue weighted by atomic mass is 10.4. The van der Waals surface area contributed by atoms with Gasteiger partial charge in [-0.15, -0.1) is 0 Å². The Morgan fingerprint density at radius 2 is 0.929 bits per heavy atom. The molecule has 0 radical (unpaired) electrons. The molecule has 80 valence electrons. The topological polar surface area (TPSA) is 124 Å². The minimum absolute atomic E-state index is 0.542. The van der Waals surface area contributed by atoms with Gasteiger partial charge in [-0.2, -0.15) is 0 Å². The van der Waals surface area contributed by atoms with Gasteiger partial charge in [0.1, 0.15) is 0 Å². The van der Waals surface area contributed by atoms with Crippen molar-refractivity contribution >= 4 is 23.8 Å². The minimum atomic E-state index is -0.833. The van der Waals surface area contributed by atoms with Crippen LogP contribution in [0.5, 0.6) is 0 Å². The highest BCUT2D eigenvalue weighted by molar-refractivity contribution is 6.08. The Morgan fingerprint density at radius 3 is 0.929 bits per heavy atom. The number of carbonyl (C=O) groups is 4. The number of amides is 5. The van der Waals surface area contributed by atoms with Crippen molar-refractivity contribution in [3.8, 4) is 0 Å². The van der Waals surface area contributed by atoms with Crippen LogP contribution in [0.4, 0.5) is 4.79 Å². The van der Waals surface area contributed by atoms with Crippen LogP contribution >= 0.6 is 0 Å². The van der Waals surface area contributed by atoms with Crippen molar-refractivity contribution in [1.29, 1.82) is 0 Å². The summed E-state index contributed by atoms with van der Waals surface area (Å²) in [6, 6.07) is -0.833. The van der Waals surface area contributed by atoms with Crippen molar-refractivity contribution in [3.63, 3.8) is 0 Å². The molecule has 0 saturated heterocycles. The second-order valence-corrected chi connectivity index (χ2v) is 2.29. The summed E-state index contributed by atoms with van der Waals surface area (Å²) in [5.41, 5.74) is 8.50. The summed E-state index contributed by atoms with van der Waals surface area (Å²) in [6.45, 7) is 3.51. The molecule has 0 aromatic heterocycles. The average Bonchev–Trinajstić information content (AvgIpc) is 1.80. The molecule has 0 bridgehead atoms. The van der Waals surface area contributed by atoms with E-state index in [1.54, 1.807) is 0 Å². The van der Waals surface area contributed by atoms with Gasteiger partial charge in [-0.1, -0.05) is 0 Å². The van der Waals surface area contributed by atoms with E-state index in [4.69, 9.17) is 4.79 Å². The lowest BCUT2D eigenvalue weighted by Gasteiger charge is -2.10. The molecule has 5 amide bonds. The Morgan fingerprint density at radius 1 is 0.786 bits per heavy atom. The minimum Gasteiger partial charge on any atom is -0.352 e. The van der Waals surface area contributed by atoms with E-state index >= 15 is 0 Å². The zero-order valence-corrected chi connectivity index (χ0v) is 8.23. The molecule has 7 nitrogen and oxygen atoms in total. The molecule has 0 unspecified atom stereocenters. The summed E-state index contributed by atoms with van der Waals surface area (Å²) >= 11 is 0. The zero-order chi connectivity index (χ0) is 11.9. The Bertz CT molecular complexity index is 224. The van der Waals surface area contributed by atoms with Crippen molar-refractivity contribution < 1.29 is 19.2 Å². The molecule has 14 heavy (non-hydrogen) atoms. The third-order valence-corrected chi connectivity index (χ3v) is 0.945. The molecule has 7 heteroatoms. The van der Waals surface area contributed by atoms with Crippen molar-refractivity contribution in [1.82, 2.24) is 4.90 Å². The van der Waals surface area contributed by atoms with E-state index in [0.29, 0.717) is 4.90 Å². The number of primary amides is 2.